The number of nitrogens with one attached hydrogen (secondary N) is 1. The summed E-state index contributed by atoms with van der Waals surface area (Å²) >= 11 is 0. The van der Waals surface area contributed by atoms with Gasteiger partial charge in [-0.05, 0) is 31.1 Å². The van der Waals surface area contributed by atoms with Gasteiger partial charge < -0.3 is 4.90 Å². The van der Waals surface area contributed by atoms with Gasteiger partial charge in [0.1, 0.15) is 0 Å². The molecule has 2 heterocycles. The Morgan fingerprint density at radius 3 is 2.58 bits per heavy atom. The van der Waals surface area contributed by atoms with Crippen molar-refractivity contribution in [2.24, 2.45) is 11.8 Å². The summed E-state index contributed by atoms with van der Waals surface area (Å²) in [5.74, 6) is 1.39. The number of amides is 1. The van der Waals surface area contributed by atoms with Gasteiger partial charge in [0.25, 0.3) is 0 Å². The average molecular weight is 286 g/mol. The minimum atomic E-state index is -2.85. The predicted octanol–water partition coefficient (Wildman–Crippen LogP) is 0.369. The van der Waals surface area contributed by atoms with Crippen molar-refractivity contribution in [2.75, 3.05) is 24.6 Å². The first kappa shape index (κ1) is 13.4. The number of nitrogens with zero attached hydrogens (tertiary/aromatic N) is 1. The highest BCUT2D eigenvalue weighted by atomic mass is 32.2. The van der Waals surface area contributed by atoms with Gasteiger partial charge in [-0.3, -0.25) is 10.1 Å². The summed E-state index contributed by atoms with van der Waals surface area (Å²) < 4.78 is 23.0. The Bertz CT molecular complexity index is 457. The zero-order valence-electron chi connectivity index (χ0n) is 11.2. The van der Waals surface area contributed by atoms with Crippen molar-refractivity contribution in [1.82, 2.24) is 10.2 Å². The molecule has 3 aliphatic rings. The second kappa shape index (κ2) is 5.05. The first-order valence-electron chi connectivity index (χ1n) is 7.28. The Morgan fingerprint density at radius 1 is 1.21 bits per heavy atom. The Kier molecular flexibility index (Phi) is 3.55. The van der Waals surface area contributed by atoms with E-state index in [1.54, 1.807) is 0 Å². The van der Waals surface area contributed by atoms with Crippen molar-refractivity contribution >= 4 is 15.7 Å². The highest BCUT2D eigenvalue weighted by Crippen LogP contribution is 2.32. The van der Waals surface area contributed by atoms with Crippen molar-refractivity contribution in [3.63, 3.8) is 0 Å². The van der Waals surface area contributed by atoms with Crippen LogP contribution in [0.4, 0.5) is 0 Å². The van der Waals surface area contributed by atoms with Crippen LogP contribution in [0.5, 0.6) is 0 Å². The molecule has 19 heavy (non-hydrogen) atoms. The Balaban J connectivity index is 1.65. The molecule has 108 valence electrons. The molecule has 3 rings (SSSR count). The summed E-state index contributed by atoms with van der Waals surface area (Å²) in [6.07, 6.45) is 5.74. The molecule has 5 nitrogen and oxygen atoms in total. The molecule has 6 heteroatoms. The molecule has 1 amide bonds. The molecule has 2 aliphatic heterocycles. The molecule has 1 aliphatic carbocycles. The van der Waals surface area contributed by atoms with Crippen molar-refractivity contribution in [3.05, 3.63) is 0 Å². The zero-order valence-corrected chi connectivity index (χ0v) is 12.0. The van der Waals surface area contributed by atoms with E-state index >= 15 is 0 Å². The Hall–Kier alpha value is -0.620. The van der Waals surface area contributed by atoms with E-state index in [4.69, 9.17) is 0 Å². The van der Waals surface area contributed by atoms with Crippen LogP contribution in [0, 0.1) is 11.8 Å². The fraction of sp³-hybridized carbons (Fsp3) is 0.923. The van der Waals surface area contributed by atoms with Crippen molar-refractivity contribution in [3.8, 4) is 0 Å². The number of carbonyl (C=O) groups is 1. The van der Waals surface area contributed by atoms with Gasteiger partial charge >= 0.3 is 0 Å². The molecular weight excluding hydrogens is 264 g/mol. The van der Waals surface area contributed by atoms with Gasteiger partial charge in [-0.1, -0.05) is 12.8 Å². The first-order valence-corrected chi connectivity index (χ1v) is 9.10. The van der Waals surface area contributed by atoms with Crippen molar-refractivity contribution in [2.45, 2.75) is 38.3 Å². The van der Waals surface area contributed by atoms with E-state index in [9.17, 15) is 13.2 Å². The van der Waals surface area contributed by atoms with E-state index in [0.717, 1.165) is 0 Å². The molecule has 0 aromatic rings. The molecule has 2 saturated heterocycles. The van der Waals surface area contributed by atoms with E-state index in [1.807, 2.05) is 4.90 Å². The van der Waals surface area contributed by atoms with Crippen LogP contribution in [-0.2, 0) is 14.6 Å². The topological polar surface area (TPSA) is 66.5 Å². The van der Waals surface area contributed by atoms with E-state index in [-0.39, 0.29) is 23.7 Å². The predicted molar refractivity (Wildman–Crippen MR) is 72.2 cm³/mol. The fourth-order valence-corrected chi connectivity index (χ4v) is 5.61. The molecule has 2 atom stereocenters. The zero-order chi connectivity index (χ0) is 13.5. The lowest BCUT2D eigenvalue weighted by Gasteiger charge is -2.30. The highest BCUT2D eigenvalue weighted by Gasteiger charge is 2.39. The average Bonchev–Trinajstić information content (AvgIpc) is 3.03. The molecule has 0 spiro atoms. The SMILES string of the molecule is O=C1CNC(C2CCCC2)N1CC1CCS(=O)(=O)C1. The van der Waals surface area contributed by atoms with E-state index in [0.29, 0.717) is 31.2 Å². The van der Waals surface area contributed by atoms with Gasteiger partial charge in [0.2, 0.25) is 5.91 Å². The van der Waals surface area contributed by atoms with Crippen LogP contribution in [0.2, 0.25) is 0 Å². The standard InChI is InChI=1S/C13H22N2O3S/c16-12-7-14-13(11-3-1-2-4-11)15(12)8-10-5-6-19(17,18)9-10/h10-11,13-14H,1-9H2. The largest absolute Gasteiger partial charge is 0.325 e. The summed E-state index contributed by atoms with van der Waals surface area (Å²) in [5.41, 5.74) is 0. The molecule has 1 N–H and O–H groups in total. The van der Waals surface area contributed by atoms with Crippen LogP contribution in [0.25, 0.3) is 0 Å². The normalized spacial score (nSPS) is 35.4. The van der Waals surface area contributed by atoms with Crippen molar-refractivity contribution in [1.29, 1.82) is 0 Å². The maximum atomic E-state index is 12.0. The van der Waals surface area contributed by atoms with Gasteiger partial charge in [0, 0.05) is 6.54 Å². The maximum Gasteiger partial charge on any atom is 0.237 e. The van der Waals surface area contributed by atoms with Gasteiger partial charge in [-0.25, -0.2) is 8.42 Å². The van der Waals surface area contributed by atoms with Crippen LogP contribution in [0.3, 0.4) is 0 Å². The number of sulfone groups is 1. The minimum Gasteiger partial charge on any atom is -0.325 e. The van der Waals surface area contributed by atoms with Crippen LogP contribution in [-0.4, -0.2) is 50.0 Å². The lowest BCUT2D eigenvalue weighted by molar-refractivity contribution is -0.129. The van der Waals surface area contributed by atoms with Gasteiger partial charge in [-0.15, -0.1) is 0 Å². The summed E-state index contributed by atoms with van der Waals surface area (Å²) in [4.78, 5) is 13.9. The first-order chi connectivity index (χ1) is 9.05. The smallest absolute Gasteiger partial charge is 0.237 e. The van der Waals surface area contributed by atoms with Gasteiger partial charge in [0.05, 0.1) is 24.2 Å². The second-order valence-electron chi connectivity index (χ2n) is 6.19. The second-order valence-corrected chi connectivity index (χ2v) is 8.41. The maximum absolute atomic E-state index is 12.0. The van der Waals surface area contributed by atoms with Crippen LogP contribution >= 0.6 is 0 Å². The van der Waals surface area contributed by atoms with Crippen LogP contribution in [0.15, 0.2) is 0 Å². The third kappa shape index (κ3) is 2.79. The molecule has 0 bridgehead atoms. The molecule has 0 radical (unpaired) electrons. The molecule has 3 fully saturated rings. The summed E-state index contributed by atoms with van der Waals surface area (Å²) in [6, 6.07) is 0. The van der Waals surface area contributed by atoms with Gasteiger partial charge in [-0.2, -0.15) is 0 Å². The molecule has 1 saturated carbocycles. The molecule has 0 aromatic carbocycles. The number of hydrogen-bond donors (Lipinski definition) is 1. The Labute approximate surface area is 114 Å². The van der Waals surface area contributed by atoms with Crippen LogP contribution < -0.4 is 5.32 Å². The molecule has 2 unspecified atom stereocenters. The quantitative estimate of drug-likeness (QED) is 0.814. The Morgan fingerprint density at radius 2 is 1.95 bits per heavy atom. The molecule has 0 aromatic heterocycles. The number of carbonyl (C=O) groups excluding carboxylic acids is 1. The lowest BCUT2D eigenvalue weighted by atomic mass is 10.0. The van der Waals surface area contributed by atoms with Crippen LogP contribution in [0.1, 0.15) is 32.1 Å². The summed E-state index contributed by atoms with van der Waals surface area (Å²) in [7, 11) is -2.85. The van der Waals surface area contributed by atoms with E-state index < -0.39 is 9.84 Å². The number of rotatable bonds is 3. The fourth-order valence-electron chi connectivity index (χ4n) is 3.76. The van der Waals surface area contributed by atoms with E-state index in [1.165, 1.54) is 25.7 Å². The number of hydrogen-bond acceptors (Lipinski definition) is 4. The molecular formula is C13H22N2O3S. The summed E-state index contributed by atoms with van der Waals surface area (Å²) in [6.45, 7) is 1.03. The third-order valence-electron chi connectivity index (χ3n) is 4.75. The minimum absolute atomic E-state index is 0.137. The van der Waals surface area contributed by atoms with Gasteiger partial charge in [0.15, 0.2) is 9.84 Å². The van der Waals surface area contributed by atoms with E-state index in [2.05, 4.69) is 5.32 Å². The van der Waals surface area contributed by atoms with Crippen molar-refractivity contribution < 1.29 is 13.2 Å². The third-order valence-corrected chi connectivity index (χ3v) is 6.58. The highest BCUT2D eigenvalue weighted by molar-refractivity contribution is 7.91. The monoisotopic (exact) mass is 286 g/mol. The lowest BCUT2D eigenvalue weighted by Crippen LogP contribution is -2.44. The summed E-state index contributed by atoms with van der Waals surface area (Å²) in [5, 5.41) is 3.32.